The first-order valence-electron chi connectivity index (χ1n) is 6.67. The first-order valence-corrected chi connectivity index (χ1v) is 6.67. The van der Waals surface area contributed by atoms with Crippen LogP contribution >= 0.6 is 0 Å². The van der Waals surface area contributed by atoms with Crippen LogP contribution in [0.3, 0.4) is 0 Å². The molecule has 1 aromatic heterocycles. The van der Waals surface area contributed by atoms with Gasteiger partial charge in [0.25, 0.3) is 0 Å². The van der Waals surface area contributed by atoms with Gasteiger partial charge in [-0.05, 0) is 43.7 Å². The Kier molecular flexibility index (Phi) is 3.12. The fraction of sp³-hybridized carbons (Fsp3) is 0.643. The molecule has 3 unspecified atom stereocenters. The van der Waals surface area contributed by atoms with Crippen LogP contribution in [0.1, 0.15) is 42.9 Å². The minimum absolute atomic E-state index is 0.117. The highest BCUT2D eigenvalue weighted by molar-refractivity contribution is 5.30. The van der Waals surface area contributed by atoms with Crippen LogP contribution in [-0.2, 0) is 11.2 Å². The molecular weight excluding hydrogens is 212 g/mol. The third-order valence-corrected chi connectivity index (χ3v) is 4.11. The van der Waals surface area contributed by atoms with Crippen LogP contribution in [0.25, 0.3) is 0 Å². The zero-order chi connectivity index (χ0) is 11.7. The van der Waals surface area contributed by atoms with E-state index in [0.717, 1.165) is 25.9 Å². The topological polar surface area (TPSA) is 48.1 Å². The third kappa shape index (κ3) is 2.09. The molecule has 0 radical (unpaired) electrons. The second-order valence-electron chi connectivity index (χ2n) is 5.18. The van der Waals surface area contributed by atoms with Gasteiger partial charge in [-0.2, -0.15) is 0 Å². The number of hydrogen-bond acceptors (Lipinski definition) is 3. The van der Waals surface area contributed by atoms with E-state index in [1.807, 2.05) is 12.3 Å². The van der Waals surface area contributed by atoms with Crippen LogP contribution in [0.2, 0.25) is 0 Å². The number of hydrogen-bond donors (Lipinski definition) is 1. The Bertz CT molecular complexity index is 388. The molecule has 3 nitrogen and oxygen atoms in total. The Hall–Kier alpha value is -0.930. The van der Waals surface area contributed by atoms with Crippen molar-refractivity contribution < 1.29 is 4.74 Å². The Morgan fingerprint density at radius 3 is 3.12 bits per heavy atom. The molecule has 1 saturated heterocycles. The summed E-state index contributed by atoms with van der Waals surface area (Å²) in [6.07, 6.45) is 7.91. The van der Waals surface area contributed by atoms with E-state index in [1.54, 1.807) is 0 Å². The summed E-state index contributed by atoms with van der Waals surface area (Å²) in [5.41, 5.74) is 9.00. The van der Waals surface area contributed by atoms with Gasteiger partial charge >= 0.3 is 0 Å². The maximum atomic E-state index is 6.40. The molecule has 1 aromatic rings. The molecule has 0 aromatic carbocycles. The predicted octanol–water partition coefficient (Wildman–Crippen LogP) is 2.01. The zero-order valence-electron chi connectivity index (χ0n) is 10.1. The quantitative estimate of drug-likeness (QED) is 0.848. The van der Waals surface area contributed by atoms with Crippen molar-refractivity contribution in [2.75, 3.05) is 6.61 Å². The molecule has 2 aliphatic rings. The van der Waals surface area contributed by atoms with Crippen LogP contribution in [0, 0.1) is 0 Å². The average Bonchev–Trinajstić information content (AvgIpc) is 2.83. The first kappa shape index (κ1) is 11.2. The molecule has 1 fully saturated rings. The molecule has 0 bridgehead atoms. The number of pyridine rings is 1. The Balaban J connectivity index is 1.76. The summed E-state index contributed by atoms with van der Waals surface area (Å²) >= 11 is 0. The molecule has 0 spiro atoms. The number of rotatable bonds is 2. The lowest BCUT2D eigenvalue weighted by Crippen LogP contribution is -2.43. The maximum Gasteiger partial charge on any atom is 0.0732 e. The van der Waals surface area contributed by atoms with Gasteiger partial charge < -0.3 is 10.5 Å². The summed E-state index contributed by atoms with van der Waals surface area (Å²) in [7, 11) is 0. The minimum Gasteiger partial charge on any atom is -0.377 e. The van der Waals surface area contributed by atoms with Crippen LogP contribution in [0.4, 0.5) is 0 Å². The van der Waals surface area contributed by atoms with E-state index in [0.29, 0.717) is 5.92 Å². The number of aryl methyl sites for hydroxylation is 1. The number of nitrogens with two attached hydrogens (primary N) is 1. The highest BCUT2D eigenvalue weighted by Crippen LogP contribution is 2.35. The molecule has 1 aliphatic heterocycles. The van der Waals surface area contributed by atoms with E-state index >= 15 is 0 Å². The molecule has 2 N–H and O–H groups in total. The van der Waals surface area contributed by atoms with Crippen LogP contribution in [-0.4, -0.2) is 23.7 Å². The van der Waals surface area contributed by atoms with E-state index < -0.39 is 0 Å². The largest absolute Gasteiger partial charge is 0.377 e. The average molecular weight is 232 g/mol. The fourth-order valence-electron chi connectivity index (χ4n) is 3.15. The molecular formula is C14H20N2O. The standard InChI is InChI=1S/C14H20N2O/c15-13(12-5-1-2-9-17-12)11-7-6-10-4-3-8-16-14(10)11/h3-4,8,11-13H,1-2,5-7,9,15H2. The van der Waals surface area contributed by atoms with Crippen molar-refractivity contribution in [3.05, 3.63) is 29.6 Å². The van der Waals surface area contributed by atoms with Gasteiger partial charge in [0.05, 0.1) is 6.10 Å². The second-order valence-corrected chi connectivity index (χ2v) is 5.18. The smallest absolute Gasteiger partial charge is 0.0732 e. The Morgan fingerprint density at radius 1 is 1.35 bits per heavy atom. The molecule has 3 heteroatoms. The van der Waals surface area contributed by atoms with Crippen molar-refractivity contribution in [3.8, 4) is 0 Å². The summed E-state index contributed by atoms with van der Waals surface area (Å²) in [5, 5.41) is 0. The lowest BCUT2D eigenvalue weighted by atomic mass is 9.90. The zero-order valence-corrected chi connectivity index (χ0v) is 10.1. The van der Waals surface area contributed by atoms with Gasteiger partial charge in [0.15, 0.2) is 0 Å². The van der Waals surface area contributed by atoms with Gasteiger partial charge in [-0.15, -0.1) is 0 Å². The van der Waals surface area contributed by atoms with Crippen molar-refractivity contribution in [1.29, 1.82) is 0 Å². The highest BCUT2D eigenvalue weighted by Gasteiger charge is 2.34. The van der Waals surface area contributed by atoms with Crippen molar-refractivity contribution in [1.82, 2.24) is 4.98 Å². The summed E-state index contributed by atoms with van der Waals surface area (Å²) in [5.74, 6) is 0.397. The van der Waals surface area contributed by atoms with E-state index in [2.05, 4.69) is 11.1 Å². The van der Waals surface area contributed by atoms with Crippen LogP contribution < -0.4 is 5.73 Å². The van der Waals surface area contributed by atoms with Crippen LogP contribution in [0.15, 0.2) is 18.3 Å². The molecule has 0 amide bonds. The second kappa shape index (κ2) is 4.75. The van der Waals surface area contributed by atoms with E-state index in [1.165, 1.54) is 24.1 Å². The van der Waals surface area contributed by atoms with Crippen LogP contribution in [0.5, 0.6) is 0 Å². The van der Waals surface area contributed by atoms with Crippen molar-refractivity contribution in [2.24, 2.45) is 5.73 Å². The SMILES string of the molecule is NC(C1CCCCO1)C1CCc2cccnc21. The molecule has 92 valence electrons. The first-order chi connectivity index (χ1) is 8.36. The molecule has 1 aliphatic carbocycles. The molecule has 0 saturated carbocycles. The lowest BCUT2D eigenvalue weighted by Gasteiger charge is -2.31. The fourth-order valence-corrected chi connectivity index (χ4v) is 3.15. The predicted molar refractivity (Wildman–Crippen MR) is 66.9 cm³/mol. The van der Waals surface area contributed by atoms with Gasteiger partial charge in [-0.1, -0.05) is 6.07 Å². The van der Waals surface area contributed by atoms with E-state index in [4.69, 9.17) is 10.5 Å². The van der Waals surface area contributed by atoms with Gasteiger partial charge in [0.1, 0.15) is 0 Å². The van der Waals surface area contributed by atoms with Gasteiger partial charge in [-0.3, -0.25) is 4.98 Å². The summed E-state index contributed by atoms with van der Waals surface area (Å²) in [4.78, 5) is 4.52. The van der Waals surface area contributed by atoms with Gasteiger partial charge in [0, 0.05) is 30.5 Å². The van der Waals surface area contributed by atoms with Gasteiger partial charge in [-0.25, -0.2) is 0 Å². The van der Waals surface area contributed by atoms with E-state index in [9.17, 15) is 0 Å². The molecule has 3 rings (SSSR count). The molecule has 3 atom stereocenters. The third-order valence-electron chi connectivity index (χ3n) is 4.11. The molecule has 17 heavy (non-hydrogen) atoms. The monoisotopic (exact) mass is 232 g/mol. The van der Waals surface area contributed by atoms with Crippen molar-refractivity contribution in [3.63, 3.8) is 0 Å². The number of ether oxygens (including phenoxy) is 1. The van der Waals surface area contributed by atoms with Gasteiger partial charge in [0.2, 0.25) is 0 Å². The summed E-state index contributed by atoms with van der Waals surface area (Å²) in [6, 6.07) is 4.31. The van der Waals surface area contributed by atoms with E-state index in [-0.39, 0.29) is 12.1 Å². The number of aromatic nitrogens is 1. The lowest BCUT2D eigenvalue weighted by molar-refractivity contribution is -0.00499. The molecule has 2 heterocycles. The maximum absolute atomic E-state index is 6.40. The summed E-state index contributed by atoms with van der Waals surface area (Å²) in [6.45, 7) is 0.875. The highest BCUT2D eigenvalue weighted by atomic mass is 16.5. The summed E-state index contributed by atoms with van der Waals surface area (Å²) < 4.78 is 5.81. The Labute approximate surface area is 102 Å². The minimum atomic E-state index is 0.117. The van der Waals surface area contributed by atoms with Crippen molar-refractivity contribution >= 4 is 0 Å². The number of fused-ring (bicyclic) bond motifs is 1. The number of nitrogens with zero attached hydrogens (tertiary/aromatic N) is 1. The normalized spacial score (nSPS) is 29.9. The van der Waals surface area contributed by atoms with Crippen molar-refractivity contribution in [2.45, 2.75) is 50.2 Å². The Morgan fingerprint density at radius 2 is 2.29 bits per heavy atom.